The van der Waals surface area contributed by atoms with Gasteiger partial charge in [0.2, 0.25) is 0 Å². The van der Waals surface area contributed by atoms with Gasteiger partial charge in [0.05, 0.1) is 19.4 Å². The largest absolute Gasteiger partial charge is 0.507 e. The third kappa shape index (κ3) is 5.98. The summed E-state index contributed by atoms with van der Waals surface area (Å²) in [7, 11) is 1.62. The van der Waals surface area contributed by atoms with Crippen LogP contribution in [0.1, 0.15) is 42.4 Å². The van der Waals surface area contributed by atoms with Crippen LogP contribution in [-0.4, -0.2) is 25.0 Å². The molecule has 4 nitrogen and oxygen atoms in total. The Morgan fingerprint density at radius 2 is 1.77 bits per heavy atom. The Morgan fingerprint density at radius 3 is 2.45 bits per heavy atom. The zero-order valence-electron chi connectivity index (χ0n) is 18.1. The summed E-state index contributed by atoms with van der Waals surface area (Å²) in [5, 5.41) is 10.9. The van der Waals surface area contributed by atoms with E-state index in [1.54, 1.807) is 19.4 Å². The van der Waals surface area contributed by atoms with Gasteiger partial charge in [-0.05, 0) is 54.8 Å². The minimum Gasteiger partial charge on any atom is -0.507 e. The second-order valence-corrected chi connectivity index (χ2v) is 7.32. The van der Waals surface area contributed by atoms with Gasteiger partial charge in [-0.2, -0.15) is 0 Å². The standard InChI is InChI=1S/C27H29NO3/c1-4-5-9-16-31-24-14-12-23(13-15-24)28-19-22-17-25(30-3)18-26(27(22)29)20(2)21-10-7-6-8-11-21/h4,6-8,10-15,17-20,29H,1,5,9,16H2,2-3H3. The Kier molecular flexibility index (Phi) is 7.88. The number of unbranched alkanes of at least 4 members (excludes halogenated alkanes) is 1. The summed E-state index contributed by atoms with van der Waals surface area (Å²) in [4.78, 5) is 4.53. The van der Waals surface area contributed by atoms with Gasteiger partial charge in [-0.25, -0.2) is 0 Å². The first kappa shape index (κ1) is 22.2. The lowest BCUT2D eigenvalue weighted by Crippen LogP contribution is -2.00. The molecule has 0 aliphatic rings. The van der Waals surface area contributed by atoms with E-state index in [0.717, 1.165) is 35.4 Å². The molecule has 160 valence electrons. The molecule has 0 radical (unpaired) electrons. The number of allylic oxidation sites excluding steroid dienone is 1. The highest BCUT2D eigenvalue weighted by Crippen LogP contribution is 2.36. The van der Waals surface area contributed by atoms with Crippen molar-refractivity contribution in [1.29, 1.82) is 0 Å². The van der Waals surface area contributed by atoms with E-state index in [1.165, 1.54) is 0 Å². The maximum absolute atomic E-state index is 10.9. The van der Waals surface area contributed by atoms with Crippen molar-refractivity contribution < 1.29 is 14.6 Å². The normalized spacial score (nSPS) is 11.9. The monoisotopic (exact) mass is 415 g/mol. The second-order valence-electron chi connectivity index (χ2n) is 7.32. The molecule has 0 fully saturated rings. The Bertz CT molecular complexity index is 1010. The van der Waals surface area contributed by atoms with Gasteiger partial charge in [0.25, 0.3) is 0 Å². The molecule has 0 spiro atoms. The van der Waals surface area contributed by atoms with E-state index in [1.807, 2.05) is 54.6 Å². The van der Waals surface area contributed by atoms with Crippen LogP contribution in [0.5, 0.6) is 17.2 Å². The first-order chi connectivity index (χ1) is 15.1. The van der Waals surface area contributed by atoms with Crippen LogP contribution in [0.3, 0.4) is 0 Å². The molecule has 1 N–H and O–H groups in total. The van der Waals surface area contributed by atoms with Crippen LogP contribution in [0, 0.1) is 0 Å². The van der Waals surface area contributed by atoms with E-state index in [4.69, 9.17) is 9.47 Å². The van der Waals surface area contributed by atoms with E-state index in [-0.39, 0.29) is 11.7 Å². The molecule has 1 atom stereocenters. The van der Waals surface area contributed by atoms with Crippen LogP contribution in [-0.2, 0) is 0 Å². The fourth-order valence-electron chi connectivity index (χ4n) is 3.31. The lowest BCUT2D eigenvalue weighted by molar-refractivity contribution is 0.312. The molecule has 0 bridgehead atoms. The second kappa shape index (κ2) is 11.0. The lowest BCUT2D eigenvalue weighted by Gasteiger charge is -2.17. The zero-order valence-corrected chi connectivity index (χ0v) is 18.1. The summed E-state index contributed by atoms with van der Waals surface area (Å²) < 4.78 is 11.2. The van der Waals surface area contributed by atoms with E-state index in [9.17, 15) is 5.11 Å². The summed E-state index contributed by atoms with van der Waals surface area (Å²) in [5.41, 5.74) is 3.31. The van der Waals surface area contributed by atoms with Crippen molar-refractivity contribution in [3.63, 3.8) is 0 Å². The predicted octanol–water partition coefficient (Wildman–Crippen LogP) is 6.65. The smallest absolute Gasteiger partial charge is 0.128 e. The SMILES string of the molecule is C=CCCCOc1ccc(N=Cc2cc(OC)cc(C(C)c3ccccc3)c2O)cc1. The molecule has 0 aliphatic heterocycles. The van der Waals surface area contributed by atoms with Crippen LogP contribution < -0.4 is 9.47 Å². The van der Waals surface area contributed by atoms with Crippen LogP contribution >= 0.6 is 0 Å². The molecule has 3 rings (SSSR count). The minimum atomic E-state index is 0.0148. The van der Waals surface area contributed by atoms with Gasteiger partial charge in [-0.3, -0.25) is 4.99 Å². The summed E-state index contributed by atoms with van der Waals surface area (Å²) in [6.07, 6.45) is 5.44. The van der Waals surface area contributed by atoms with Crippen LogP contribution in [0.15, 0.2) is 84.4 Å². The van der Waals surface area contributed by atoms with Crippen molar-refractivity contribution in [2.75, 3.05) is 13.7 Å². The van der Waals surface area contributed by atoms with Gasteiger partial charge in [-0.15, -0.1) is 6.58 Å². The number of hydrogen-bond acceptors (Lipinski definition) is 4. The first-order valence-electron chi connectivity index (χ1n) is 10.5. The molecular weight excluding hydrogens is 386 g/mol. The van der Waals surface area contributed by atoms with Gasteiger partial charge in [0.15, 0.2) is 0 Å². The minimum absolute atomic E-state index is 0.0148. The van der Waals surface area contributed by atoms with Gasteiger partial charge < -0.3 is 14.6 Å². The molecule has 3 aromatic rings. The third-order valence-electron chi connectivity index (χ3n) is 5.15. The molecule has 1 unspecified atom stereocenters. The molecule has 4 heteroatoms. The van der Waals surface area contributed by atoms with Crippen molar-refractivity contribution in [3.05, 3.63) is 96.1 Å². The Morgan fingerprint density at radius 1 is 1.03 bits per heavy atom. The molecule has 31 heavy (non-hydrogen) atoms. The van der Waals surface area contributed by atoms with Gasteiger partial charge in [0.1, 0.15) is 17.2 Å². The molecule has 0 heterocycles. The number of benzene rings is 3. The van der Waals surface area contributed by atoms with Crippen molar-refractivity contribution in [2.45, 2.75) is 25.7 Å². The van der Waals surface area contributed by atoms with Crippen LogP contribution in [0.25, 0.3) is 0 Å². The zero-order chi connectivity index (χ0) is 22.1. The Balaban J connectivity index is 1.79. The number of methoxy groups -OCH3 is 1. The number of hydrogen-bond donors (Lipinski definition) is 1. The van der Waals surface area contributed by atoms with Crippen LogP contribution in [0.4, 0.5) is 5.69 Å². The molecular formula is C27H29NO3. The average Bonchev–Trinajstić information content (AvgIpc) is 2.82. The highest BCUT2D eigenvalue weighted by atomic mass is 16.5. The maximum Gasteiger partial charge on any atom is 0.128 e. The summed E-state index contributed by atoms with van der Waals surface area (Å²) in [5.74, 6) is 1.72. The van der Waals surface area contributed by atoms with Crippen molar-refractivity contribution >= 4 is 11.9 Å². The number of nitrogens with zero attached hydrogens (tertiary/aromatic N) is 1. The third-order valence-corrected chi connectivity index (χ3v) is 5.15. The fraction of sp³-hybridized carbons (Fsp3) is 0.222. The number of rotatable bonds is 10. The predicted molar refractivity (Wildman–Crippen MR) is 127 cm³/mol. The molecule has 0 amide bonds. The maximum atomic E-state index is 10.9. The Labute approximate surface area is 184 Å². The number of aliphatic imine (C=N–C) groups is 1. The summed E-state index contributed by atoms with van der Waals surface area (Å²) >= 11 is 0. The molecule has 0 saturated heterocycles. The fourth-order valence-corrected chi connectivity index (χ4v) is 3.31. The number of phenolic OH excluding ortho intramolecular Hbond substituents is 1. The molecule has 0 aliphatic carbocycles. The van der Waals surface area contributed by atoms with Crippen molar-refractivity contribution in [3.8, 4) is 17.2 Å². The first-order valence-corrected chi connectivity index (χ1v) is 10.5. The van der Waals surface area contributed by atoms with E-state index < -0.39 is 0 Å². The van der Waals surface area contributed by atoms with Gasteiger partial charge in [-0.1, -0.05) is 43.3 Å². The molecule has 0 aromatic heterocycles. The average molecular weight is 416 g/mol. The summed E-state index contributed by atoms with van der Waals surface area (Å²) in [6.45, 7) is 6.44. The van der Waals surface area contributed by atoms with Crippen molar-refractivity contribution in [2.24, 2.45) is 4.99 Å². The van der Waals surface area contributed by atoms with E-state index in [0.29, 0.717) is 17.9 Å². The van der Waals surface area contributed by atoms with E-state index in [2.05, 4.69) is 30.6 Å². The quantitative estimate of drug-likeness (QED) is 0.229. The van der Waals surface area contributed by atoms with Crippen molar-refractivity contribution in [1.82, 2.24) is 0 Å². The highest BCUT2D eigenvalue weighted by molar-refractivity contribution is 5.87. The van der Waals surface area contributed by atoms with Crippen LogP contribution in [0.2, 0.25) is 0 Å². The Hall–Kier alpha value is -3.53. The number of aromatic hydroxyl groups is 1. The molecule has 3 aromatic carbocycles. The van der Waals surface area contributed by atoms with Gasteiger partial charge >= 0.3 is 0 Å². The number of phenols is 1. The van der Waals surface area contributed by atoms with Gasteiger partial charge in [0, 0.05) is 23.3 Å². The topological polar surface area (TPSA) is 51.0 Å². The number of ether oxygens (including phenoxy) is 2. The molecule has 0 saturated carbocycles. The summed E-state index contributed by atoms with van der Waals surface area (Å²) in [6, 6.07) is 21.3. The van der Waals surface area contributed by atoms with E-state index >= 15 is 0 Å². The lowest BCUT2D eigenvalue weighted by atomic mass is 9.91. The highest BCUT2D eigenvalue weighted by Gasteiger charge is 2.17.